The molecule has 4 heteroatoms. The Hall–Kier alpha value is 4.38. The van der Waals surface area contributed by atoms with Gasteiger partial charge in [0.1, 0.15) is 0 Å². The summed E-state index contributed by atoms with van der Waals surface area (Å²) in [4.78, 5) is 0. The molecule has 0 bridgehead atoms. The molecular weight excluding hydrogens is 432 g/mol. The van der Waals surface area contributed by atoms with Gasteiger partial charge in [-0.15, -0.1) is 48.0 Å². The fourth-order valence-corrected chi connectivity index (χ4v) is 0. The standard InChI is InChI=1S/Cs.2HI.Sc.H/h;2*1H;;/q+1;;;;-1. The second kappa shape index (κ2) is 15.7. The van der Waals surface area contributed by atoms with Crippen molar-refractivity contribution in [3.63, 3.8) is 0 Å². The Bertz CT molecular complexity index is 9.61. The normalized spacial score (nSPS) is 0. The Morgan fingerprint density at radius 2 is 1.00 bits per heavy atom. The Morgan fingerprint density at radius 3 is 1.00 bits per heavy atom. The van der Waals surface area contributed by atoms with Crippen molar-refractivity contribution in [3.8, 4) is 0 Å². The minimum atomic E-state index is 0. The van der Waals surface area contributed by atoms with E-state index in [0.29, 0.717) is 0 Å². The summed E-state index contributed by atoms with van der Waals surface area (Å²) >= 11 is 0. The Balaban J connectivity index is 0. The molecule has 0 aromatic carbocycles. The van der Waals surface area contributed by atoms with Gasteiger partial charge in [0.15, 0.2) is 0 Å². The van der Waals surface area contributed by atoms with E-state index in [9.17, 15) is 0 Å². The molecule has 0 saturated carbocycles. The maximum atomic E-state index is 0. The van der Waals surface area contributed by atoms with Gasteiger partial charge in [0, 0.05) is 25.8 Å². The van der Waals surface area contributed by atoms with Crippen molar-refractivity contribution in [3.05, 3.63) is 0 Å². The molecule has 0 fully saturated rings. The molecule has 0 N–H and O–H groups in total. The van der Waals surface area contributed by atoms with Crippen LogP contribution in [0.2, 0.25) is 0 Å². The zero-order valence-electron chi connectivity index (χ0n) is 3.39. The van der Waals surface area contributed by atoms with Crippen LogP contribution in [0.5, 0.6) is 0 Å². The molecular formula is H3CsI2Sc. The van der Waals surface area contributed by atoms with Crippen LogP contribution in [0.3, 0.4) is 0 Å². The molecule has 0 nitrogen and oxygen atoms in total. The fraction of sp³-hybridized carbons (Fsp3) is 0. The third kappa shape index (κ3) is 9.63. The van der Waals surface area contributed by atoms with Gasteiger partial charge in [-0.2, -0.15) is 0 Å². The number of hydrogen-bond donors (Lipinski definition) is 0. The van der Waals surface area contributed by atoms with Crippen molar-refractivity contribution >= 4 is 48.0 Å². The predicted octanol–water partition coefficient (Wildman–Crippen LogP) is -1.65. The van der Waals surface area contributed by atoms with Crippen LogP contribution in [0.25, 0.3) is 0 Å². The van der Waals surface area contributed by atoms with Crippen molar-refractivity contribution in [2.24, 2.45) is 0 Å². The van der Waals surface area contributed by atoms with Crippen LogP contribution in [0.15, 0.2) is 0 Å². The fourth-order valence-electron chi connectivity index (χ4n) is 0. The van der Waals surface area contributed by atoms with Crippen molar-refractivity contribution in [1.29, 1.82) is 0 Å². The van der Waals surface area contributed by atoms with Crippen LogP contribution in [-0.4, -0.2) is 0 Å². The Morgan fingerprint density at radius 1 is 1.00 bits per heavy atom. The average Bonchev–Trinajstić information content (AvgIpc) is 0. The summed E-state index contributed by atoms with van der Waals surface area (Å²) in [5.41, 5.74) is 0. The number of rotatable bonds is 0. The molecule has 0 rings (SSSR count). The minimum absolute atomic E-state index is 0. The van der Waals surface area contributed by atoms with Crippen LogP contribution in [0, 0.1) is 0 Å². The van der Waals surface area contributed by atoms with Crippen LogP contribution >= 0.6 is 48.0 Å². The predicted molar refractivity (Wildman–Crippen MR) is 31.9 cm³/mol. The van der Waals surface area contributed by atoms with E-state index in [1.54, 1.807) is 0 Å². The summed E-state index contributed by atoms with van der Waals surface area (Å²) in [6.07, 6.45) is 0. The summed E-state index contributed by atoms with van der Waals surface area (Å²) < 4.78 is 0. The Kier molecular flexibility index (Phi) is 93.1. The third-order valence-electron chi connectivity index (χ3n) is 0. The van der Waals surface area contributed by atoms with E-state index < -0.39 is 0 Å². The summed E-state index contributed by atoms with van der Waals surface area (Å²) in [6, 6.07) is 0. The monoisotopic (exact) mass is 435 g/mol. The molecule has 0 heterocycles. The van der Waals surface area contributed by atoms with E-state index in [-0.39, 0.29) is 144 Å². The van der Waals surface area contributed by atoms with E-state index in [1.165, 1.54) is 0 Å². The summed E-state index contributed by atoms with van der Waals surface area (Å²) in [5, 5.41) is 0. The molecule has 1 radical (unpaired) electrons. The van der Waals surface area contributed by atoms with E-state index >= 15 is 0 Å². The van der Waals surface area contributed by atoms with Gasteiger partial charge < -0.3 is 1.43 Å². The van der Waals surface area contributed by atoms with Crippen LogP contribution in [0.4, 0.5) is 0 Å². The Labute approximate surface area is 139 Å². The molecule has 0 unspecified atom stereocenters. The van der Waals surface area contributed by atoms with E-state index in [2.05, 4.69) is 0 Å². The maximum Gasteiger partial charge on any atom is 1.00 e. The molecule has 4 heavy (non-hydrogen) atoms. The smallest absolute Gasteiger partial charge is 1.00 e. The van der Waals surface area contributed by atoms with Crippen molar-refractivity contribution < 1.29 is 96.2 Å². The van der Waals surface area contributed by atoms with Gasteiger partial charge in [-0.1, -0.05) is 0 Å². The molecule has 21 valence electrons. The van der Waals surface area contributed by atoms with Crippen molar-refractivity contribution in [2.75, 3.05) is 0 Å². The van der Waals surface area contributed by atoms with Crippen LogP contribution in [0.1, 0.15) is 1.43 Å². The van der Waals surface area contributed by atoms with Crippen LogP contribution in [-0.2, 0) is 25.8 Å². The second-order valence-corrected chi connectivity index (χ2v) is 0. The topological polar surface area (TPSA) is 0 Å². The second-order valence-electron chi connectivity index (χ2n) is 0. The van der Waals surface area contributed by atoms with Crippen molar-refractivity contribution in [2.45, 2.75) is 0 Å². The van der Waals surface area contributed by atoms with Gasteiger partial charge in [0.25, 0.3) is 0 Å². The quantitative estimate of drug-likeness (QED) is 0.401. The minimum Gasteiger partial charge on any atom is -1.00 e. The first-order valence-corrected chi connectivity index (χ1v) is 0. The first-order chi connectivity index (χ1) is 0. The summed E-state index contributed by atoms with van der Waals surface area (Å²) in [5.74, 6) is 0. The van der Waals surface area contributed by atoms with Crippen LogP contribution < -0.4 is 68.9 Å². The first-order valence-electron chi connectivity index (χ1n) is 0. The largest absolute Gasteiger partial charge is 1.00 e. The molecule has 0 aliphatic rings. The third-order valence-corrected chi connectivity index (χ3v) is 0. The molecule has 0 spiro atoms. The molecule has 0 aromatic heterocycles. The first kappa shape index (κ1) is 23.8. The molecule has 0 aromatic rings. The van der Waals surface area contributed by atoms with Gasteiger partial charge in [0.05, 0.1) is 0 Å². The number of halogens is 2. The van der Waals surface area contributed by atoms with Gasteiger partial charge in [-0.05, 0) is 0 Å². The van der Waals surface area contributed by atoms with Gasteiger partial charge >= 0.3 is 68.9 Å². The van der Waals surface area contributed by atoms with Crippen molar-refractivity contribution in [1.82, 2.24) is 0 Å². The molecule has 0 saturated heterocycles. The molecule has 0 aliphatic heterocycles. The van der Waals surface area contributed by atoms with Gasteiger partial charge in [-0.3, -0.25) is 0 Å². The summed E-state index contributed by atoms with van der Waals surface area (Å²) in [6.45, 7) is 0. The molecule has 0 amide bonds. The average molecular weight is 435 g/mol. The summed E-state index contributed by atoms with van der Waals surface area (Å²) in [7, 11) is 0. The zero-order valence-corrected chi connectivity index (χ0v) is 15.1. The van der Waals surface area contributed by atoms with Gasteiger partial charge in [-0.25, -0.2) is 0 Å². The maximum absolute atomic E-state index is 0. The molecule has 0 atom stereocenters. The number of hydrogen-bond acceptors (Lipinski definition) is 0. The van der Waals surface area contributed by atoms with E-state index in [4.69, 9.17) is 0 Å². The van der Waals surface area contributed by atoms with E-state index in [1.807, 2.05) is 0 Å². The SMILES string of the molecule is I.I.[Cs+].[H-].[Sc]. The molecule has 0 aliphatic carbocycles. The zero-order chi connectivity index (χ0) is 0. The van der Waals surface area contributed by atoms with Gasteiger partial charge in [0.2, 0.25) is 0 Å². The van der Waals surface area contributed by atoms with E-state index in [0.717, 1.165) is 0 Å².